The largest absolute Gasteiger partial charge is 0.377 e. The number of hydrogen-bond acceptors (Lipinski definition) is 6. The number of aliphatic hydroxyl groups excluding tert-OH is 1. The molecule has 0 aromatic carbocycles. The molecular formula is C14H22N2O6. The Morgan fingerprint density at radius 3 is 2.68 bits per heavy atom. The summed E-state index contributed by atoms with van der Waals surface area (Å²) in [6, 6.07) is 1.23. The van der Waals surface area contributed by atoms with Gasteiger partial charge in [0.25, 0.3) is 5.56 Å². The van der Waals surface area contributed by atoms with Crippen molar-refractivity contribution in [1.29, 1.82) is 0 Å². The molecule has 8 nitrogen and oxygen atoms in total. The maximum atomic E-state index is 11.9. The number of hydrogen-bond donors (Lipinski definition) is 2. The van der Waals surface area contributed by atoms with Crippen LogP contribution in [0.4, 0.5) is 0 Å². The van der Waals surface area contributed by atoms with E-state index in [2.05, 4.69) is 4.98 Å². The van der Waals surface area contributed by atoms with E-state index in [1.54, 1.807) is 0 Å². The molecule has 8 heteroatoms. The molecule has 2 N–H and O–H groups in total. The number of aliphatic hydroxyl groups is 1. The summed E-state index contributed by atoms with van der Waals surface area (Å²) in [7, 11) is 1.50. The van der Waals surface area contributed by atoms with Gasteiger partial charge in [-0.05, 0) is 20.8 Å². The highest BCUT2D eigenvalue weighted by Gasteiger charge is 2.41. The van der Waals surface area contributed by atoms with Gasteiger partial charge in [-0.1, -0.05) is 0 Å². The number of H-pyrrole nitrogens is 1. The molecule has 1 aliphatic rings. The Hall–Kier alpha value is -1.48. The van der Waals surface area contributed by atoms with Gasteiger partial charge in [-0.25, -0.2) is 4.79 Å². The molecule has 4 atom stereocenters. The molecule has 1 aliphatic heterocycles. The Bertz CT molecular complexity index is 617. The fourth-order valence-electron chi connectivity index (χ4n) is 2.37. The number of aromatic nitrogens is 2. The average Bonchev–Trinajstić information content (AvgIpc) is 2.80. The second kappa shape index (κ2) is 6.33. The summed E-state index contributed by atoms with van der Waals surface area (Å²) in [4.78, 5) is 25.2. The lowest BCUT2D eigenvalue weighted by molar-refractivity contribution is -0.223. The van der Waals surface area contributed by atoms with Gasteiger partial charge in [0.05, 0.1) is 5.60 Å². The van der Waals surface area contributed by atoms with Crippen molar-refractivity contribution in [3.8, 4) is 0 Å². The molecule has 0 radical (unpaired) electrons. The zero-order chi connectivity index (χ0) is 16.5. The van der Waals surface area contributed by atoms with Crippen LogP contribution >= 0.6 is 0 Å². The highest BCUT2D eigenvalue weighted by molar-refractivity contribution is 4.90. The minimum absolute atomic E-state index is 0.365. The van der Waals surface area contributed by atoms with Crippen molar-refractivity contribution in [2.45, 2.75) is 57.5 Å². The van der Waals surface area contributed by atoms with Gasteiger partial charge in [0.15, 0.2) is 12.5 Å². The van der Waals surface area contributed by atoms with Crippen LogP contribution in [0.1, 0.15) is 33.4 Å². The zero-order valence-corrected chi connectivity index (χ0v) is 13.1. The van der Waals surface area contributed by atoms with Gasteiger partial charge in [-0.15, -0.1) is 0 Å². The third kappa shape index (κ3) is 3.83. The first-order valence-corrected chi connectivity index (χ1v) is 7.07. The highest BCUT2D eigenvalue weighted by atomic mass is 16.7. The van der Waals surface area contributed by atoms with Crippen molar-refractivity contribution >= 4 is 0 Å². The minimum atomic E-state index is -1.14. The van der Waals surface area contributed by atoms with E-state index in [0.29, 0.717) is 6.42 Å². The lowest BCUT2D eigenvalue weighted by atomic mass is 10.1. The number of nitrogens with one attached hydrogen (secondary N) is 1. The maximum absolute atomic E-state index is 11.9. The first kappa shape index (κ1) is 16.9. The molecule has 0 bridgehead atoms. The van der Waals surface area contributed by atoms with Gasteiger partial charge in [0.1, 0.15) is 12.2 Å². The monoisotopic (exact) mass is 314 g/mol. The van der Waals surface area contributed by atoms with Crippen molar-refractivity contribution < 1.29 is 19.3 Å². The molecule has 1 fully saturated rings. The van der Waals surface area contributed by atoms with Gasteiger partial charge in [0, 0.05) is 25.8 Å². The Kier molecular flexibility index (Phi) is 4.86. The van der Waals surface area contributed by atoms with Crippen LogP contribution in [0.5, 0.6) is 0 Å². The molecule has 0 spiro atoms. The number of nitrogens with zero attached hydrogens (tertiary/aromatic N) is 1. The van der Waals surface area contributed by atoms with Crippen LogP contribution in [0.2, 0.25) is 0 Å². The zero-order valence-electron chi connectivity index (χ0n) is 13.1. The highest BCUT2D eigenvalue weighted by Crippen LogP contribution is 2.32. The van der Waals surface area contributed by atoms with Gasteiger partial charge in [0.2, 0.25) is 0 Å². The van der Waals surface area contributed by atoms with Crippen LogP contribution in [0.3, 0.4) is 0 Å². The van der Waals surface area contributed by atoms with Crippen molar-refractivity contribution in [3.05, 3.63) is 33.1 Å². The normalized spacial score (nSPS) is 27.0. The lowest BCUT2D eigenvalue weighted by Crippen LogP contribution is -2.37. The SMILES string of the molecule is CO[C@@H]1C[C@@H](C(O)OC(C)(C)C)O[C@H]1n1ccc(=O)[nH]c1=O. The number of rotatable bonds is 4. The molecule has 0 saturated carbocycles. The van der Waals surface area contributed by atoms with E-state index in [0.717, 1.165) is 0 Å². The number of ether oxygens (including phenoxy) is 3. The van der Waals surface area contributed by atoms with Crippen LogP contribution in [0.25, 0.3) is 0 Å². The predicted molar refractivity (Wildman–Crippen MR) is 77.5 cm³/mol. The Morgan fingerprint density at radius 1 is 1.45 bits per heavy atom. The van der Waals surface area contributed by atoms with Crippen molar-refractivity contribution in [2.24, 2.45) is 0 Å². The summed E-state index contributed by atoms with van der Waals surface area (Å²) in [5, 5.41) is 10.1. The van der Waals surface area contributed by atoms with Gasteiger partial charge in [-0.3, -0.25) is 14.3 Å². The van der Waals surface area contributed by atoms with Crippen molar-refractivity contribution in [2.75, 3.05) is 7.11 Å². The van der Waals surface area contributed by atoms with Gasteiger partial charge < -0.3 is 19.3 Å². The first-order chi connectivity index (χ1) is 10.2. The van der Waals surface area contributed by atoms with Crippen LogP contribution in [-0.4, -0.2) is 45.9 Å². The number of aromatic amines is 1. The topological polar surface area (TPSA) is 103 Å². The molecule has 124 valence electrons. The molecule has 1 aromatic heterocycles. The maximum Gasteiger partial charge on any atom is 0.330 e. The quantitative estimate of drug-likeness (QED) is 0.757. The third-order valence-electron chi connectivity index (χ3n) is 3.32. The first-order valence-electron chi connectivity index (χ1n) is 7.07. The summed E-state index contributed by atoms with van der Waals surface area (Å²) in [6.45, 7) is 5.47. The van der Waals surface area contributed by atoms with Crippen LogP contribution < -0.4 is 11.2 Å². The summed E-state index contributed by atoms with van der Waals surface area (Å²) in [5.74, 6) is 0. The molecule has 0 amide bonds. The Labute approximate surface area is 127 Å². The second-order valence-electron chi connectivity index (χ2n) is 6.21. The van der Waals surface area contributed by atoms with E-state index in [1.165, 1.54) is 23.9 Å². The van der Waals surface area contributed by atoms with E-state index in [-0.39, 0.29) is 0 Å². The predicted octanol–water partition coefficient (Wildman–Crippen LogP) is -0.0274. The smallest absolute Gasteiger partial charge is 0.330 e. The summed E-state index contributed by atoms with van der Waals surface area (Å²) >= 11 is 0. The standard InChI is InChI=1S/C14H22N2O6/c1-14(2,3)22-12(18)9-7-8(20-4)11(21-9)16-6-5-10(17)15-13(16)19/h5-6,8-9,11-12,18H,7H2,1-4H3,(H,15,17,19)/t8-,9+,11-,12?/m1/s1. The van der Waals surface area contributed by atoms with Crippen LogP contribution in [0, 0.1) is 0 Å². The molecule has 1 unspecified atom stereocenters. The summed E-state index contributed by atoms with van der Waals surface area (Å²) < 4.78 is 17.8. The molecular weight excluding hydrogens is 292 g/mol. The molecule has 2 heterocycles. The number of methoxy groups -OCH3 is 1. The van der Waals surface area contributed by atoms with Gasteiger partial charge >= 0.3 is 5.69 Å². The van der Waals surface area contributed by atoms with Crippen molar-refractivity contribution in [1.82, 2.24) is 9.55 Å². The molecule has 1 saturated heterocycles. The van der Waals surface area contributed by atoms with E-state index >= 15 is 0 Å². The Morgan fingerprint density at radius 2 is 2.14 bits per heavy atom. The summed E-state index contributed by atoms with van der Waals surface area (Å²) in [5.41, 5.74) is -1.61. The fourth-order valence-corrected chi connectivity index (χ4v) is 2.37. The summed E-state index contributed by atoms with van der Waals surface area (Å²) in [6.07, 6.45) is -1.24. The Balaban J connectivity index is 2.19. The lowest BCUT2D eigenvalue weighted by Gasteiger charge is -2.27. The van der Waals surface area contributed by atoms with E-state index in [9.17, 15) is 14.7 Å². The molecule has 22 heavy (non-hydrogen) atoms. The molecule has 0 aliphatic carbocycles. The second-order valence-corrected chi connectivity index (χ2v) is 6.21. The van der Waals surface area contributed by atoms with Crippen LogP contribution in [-0.2, 0) is 14.2 Å². The average molecular weight is 314 g/mol. The third-order valence-corrected chi connectivity index (χ3v) is 3.32. The van der Waals surface area contributed by atoms with Crippen LogP contribution in [0.15, 0.2) is 21.9 Å². The van der Waals surface area contributed by atoms with Gasteiger partial charge in [-0.2, -0.15) is 0 Å². The fraction of sp³-hybridized carbons (Fsp3) is 0.714. The molecule has 2 rings (SSSR count). The van der Waals surface area contributed by atoms with E-state index in [1.807, 2.05) is 20.8 Å². The van der Waals surface area contributed by atoms with E-state index in [4.69, 9.17) is 14.2 Å². The molecule has 1 aromatic rings. The van der Waals surface area contributed by atoms with E-state index < -0.39 is 41.6 Å². The minimum Gasteiger partial charge on any atom is -0.377 e. The van der Waals surface area contributed by atoms with Crippen molar-refractivity contribution in [3.63, 3.8) is 0 Å².